The van der Waals surface area contributed by atoms with Crippen LogP contribution in [0.5, 0.6) is 11.5 Å². The Labute approximate surface area is 104 Å². The summed E-state index contributed by atoms with van der Waals surface area (Å²) in [5.74, 6) is -0.0364. The van der Waals surface area contributed by atoms with E-state index in [0.29, 0.717) is 12.4 Å². The highest BCUT2D eigenvalue weighted by atomic mass is 16.6. The second-order valence-electron chi connectivity index (χ2n) is 3.29. The van der Waals surface area contributed by atoms with Crippen molar-refractivity contribution < 1.29 is 19.2 Å². The van der Waals surface area contributed by atoms with Crippen molar-refractivity contribution in [3.63, 3.8) is 0 Å². The van der Waals surface area contributed by atoms with Crippen LogP contribution in [0.1, 0.15) is 17.3 Å². The molecule has 1 amide bonds. The van der Waals surface area contributed by atoms with Gasteiger partial charge in [-0.05, 0) is 6.92 Å². The Morgan fingerprint density at radius 2 is 2.11 bits per heavy atom. The molecule has 0 unspecified atom stereocenters. The molecule has 0 saturated heterocycles. The lowest BCUT2D eigenvalue weighted by atomic mass is 10.1. The third-order valence-electron chi connectivity index (χ3n) is 2.25. The molecule has 0 fully saturated rings. The molecule has 0 radical (unpaired) electrons. The number of nitro benzene ring substituents is 1. The van der Waals surface area contributed by atoms with Crippen LogP contribution in [0.2, 0.25) is 0 Å². The number of amides is 1. The van der Waals surface area contributed by atoms with Gasteiger partial charge in [0.15, 0.2) is 11.5 Å². The Morgan fingerprint density at radius 1 is 1.44 bits per heavy atom. The molecule has 0 heterocycles. The van der Waals surface area contributed by atoms with Gasteiger partial charge in [-0.15, -0.1) is 0 Å². The maximum atomic E-state index is 11.6. The predicted octanol–water partition coefficient (Wildman–Crippen LogP) is 1.36. The fourth-order valence-electron chi connectivity index (χ4n) is 1.44. The lowest BCUT2D eigenvalue weighted by Gasteiger charge is -2.11. The molecule has 0 aromatic heterocycles. The van der Waals surface area contributed by atoms with Crippen molar-refractivity contribution in [2.45, 2.75) is 6.92 Å². The predicted molar refractivity (Wildman–Crippen MR) is 64.2 cm³/mol. The van der Waals surface area contributed by atoms with E-state index in [4.69, 9.17) is 9.47 Å². The number of carbonyl (C=O) groups is 1. The van der Waals surface area contributed by atoms with Gasteiger partial charge in [-0.2, -0.15) is 0 Å². The highest BCUT2D eigenvalue weighted by Gasteiger charge is 2.23. The van der Waals surface area contributed by atoms with Gasteiger partial charge < -0.3 is 14.8 Å². The molecule has 18 heavy (non-hydrogen) atoms. The Bertz CT molecular complexity index is 473. The average molecular weight is 254 g/mol. The van der Waals surface area contributed by atoms with E-state index in [0.717, 1.165) is 0 Å². The number of rotatable bonds is 5. The highest BCUT2D eigenvalue weighted by molar-refractivity contribution is 5.98. The van der Waals surface area contributed by atoms with Crippen molar-refractivity contribution in [2.75, 3.05) is 20.8 Å². The summed E-state index contributed by atoms with van der Waals surface area (Å²) in [6, 6.07) is 2.48. The molecular weight excluding hydrogens is 240 g/mol. The number of methoxy groups -OCH3 is 1. The van der Waals surface area contributed by atoms with Gasteiger partial charge >= 0.3 is 0 Å². The molecule has 98 valence electrons. The quantitative estimate of drug-likeness (QED) is 0.632. The molecule has 7 heteroatoms. The summed E-state index contributed by atoms with van der Waals surface area (Å²) < 4.78 is 10.3. The standard InChI is InChI=1S/C11H14N2O5/c1-4-18-10-5-7(11(14)12-2)8(13(15)16)6-9(10)17-3/h5-6H,4H2,1-3H3,(H,12,14). The molecule has 0 bridgehead atoms. The number of benzene rings is 1. The molecule has 0 spiro atoms. The van der Waals surface area contributed by atoms with E-state index in [9.17, 15) is 14.9 Å². The third kappa shape index (κ3) is 2.68. The lowest BCUT2D eigenvalue weighted by Crippen LogP contribution is -2.19. The molecular formula is C11H14N2O5. The minimum atomic E-state index is -0.636. The summed E-state index contributed by atoms with van der Waals surface area (Å²) in [6.45, 7) is 2.13. The molecule has 1 N–H and O–H groups in total. The molecule has 1 aromatic carbocycles. The number of hydrogen-bond donors (Lipinski definition) is 1. The maximum absolute atomic E-state index is 11.6. The zero-order valence-corrected chi connectivity index (χ0v) is 10.4. The van der Waals surface area contributed by atoms with Crippen LogP contribution in [0.25, 0.3) is 0 Å². The van der Waals surface area contributed by atoms with Gasteiger partial charge in [0.1, 0.15) is 5.56 Å². The third-order valence-corrected chi connectivity index (χ3v) is 2.25. The molecule has 0 atom stereocenters. The van der Waals surface area contributed by atoms with Crippen LogP contribution in [-0.4, -0.2) is 31.6 Å². The summed E-state index contributed by atoms with van der Waals surface area (Å²) in [5, 5.41) is 13.3. The van der Waals surface area contributed by atoms with Crippen molar-refractivity contribution >= 4 is 11.6 Å². The highest BCUT2D eigenvalue weighted by Crippen LogP contribution is 2.34. The second-order valence-corrected chi connectivity index (χ2v) is 3.29. The number of nitrogens with zero attached hydrogens (tertiary/aromatic N) is 1. The van der Waals surface area contributed by atoms with Gasteiger partial charge in [-0.1, -0.05) is 0 Å². The zero-order valence-electron chi connectivity index (χ0n) is 10.4. The monoisotopic (exact) mass is 254 g/mol. The topological polar surface area (TPSA) is 90.7 Å². The van der Waals surface area contributed by atoms with E-state index in [1.54, 1.807) is 6.92 Å². The number of nitrogens with one attached hydrogen (secondary N) is 1. The minimum absolute atomic E-state index is 0.0632. The van der Waals surface area contributed by atoms with Crippen molar-refractivity contribution in [3.8, 4) is 11.5 Å². The van der Waals surface area contributed by atoms with Crippen LogP contribution in [0.15, 0.2) is 12.1 Å². The van der Waals surface area contributed by atoms with Gasteiger partial charge in [0.25, 0.3) is 11.6 Å². The average Bonchev–Trinajstić information content (AvgIpc) is 2.37. The molecule has 0 aliphatic rings. The molecule has 7 nitrogen and oxygen atoms in total. The number of hydrogen-bond acceptors (Lipinski definition) is 5. The van der Waals surface area contributed by atoms with Crippen molar-refractivity contribution in [3.05, 3.63) is 27.8 Å². The smallest absolute Gasteiger partial charge is 0.286 e. The largest absolute Gasteiger partial charge is 0.493 e. The van der Waals surface area contributed by atoms with E-state index in [-0.39, 0.29) is 17.0 Å². The molecule has 0 aliphatic carbocycles. The Balaban J connectivity index is 3.41. The Kier molecular flexibility index (Phi) is 4.47. The van der Waals surface area contributed by atoms with E-state index in [1.807, 2.05) is 0 Å². The number of ether oxygens (including phenoxy) is 2. The van der Waals surface area contributed by atoms with Crippen molar-refractivity contribution in [1.82, 2.24) is 5.32 Å². The van der Waals surface area contributed by atoms with Crippen molar-refractivity contribution in [1.29, 1.82) is 0 Å². The Morgan fingerprint density at radius 3 is 2.56 bits per heavy atom. The first kappa shape index (κ1) is 13.8. The first-order valence-corrected chi connectivity index (χ1v) is 5.26. The van der Waals surface area contributed by atoms with E-state index in [1.165, 1.54) is 26.3 Å². The normalized spacial score (nSPS) is 9.72. The van der Waals surface area contributed by atoms with Gasteiger partial charge in [-0.3, -0.25) is 14.9 Å². The second kappa shape index (κ2) is 5.85. The van der Waals surface area contributed by atoms with E-state index in [2.05, 4.69) is 5.32 Å². The fraction of sp³-hybridized carbons (Fsp3) is 0.364. The summed E-state index contributed by atoms with van der Waals surface area (Å²) in [5.41, 5.74) is -0.388. The fourth-order valence-corrected chi connectivity index (χ4v) is 1.44. The van der Waals surface area contributed by atoms with Crippen LogP contribution in [0, 0.1) is 10.1 Å². The lowest BCUT2D eigenvalue weighted by molar-refractivity contribution is -0.385. The maximum Gasteiger partial charge on any atom is 0.286 e. The summed E-state index contributed by atoms with van der Waals surface area (Å²) >= 11 is 0. The first-order valence-electron chi connectivity index (χ1n) is 5.26. The molecule has 1 aromatic rings. The van der Waals surface area contributed by atoms with Gasteiger partial charge in [0, 0.05) is 13.1 Å². The SMILES string of the molecule is CCOc1cc(C(=O)NC)c([N+](=O)[O-])cc1OC. The molecule has 1 rings (SSSR count). The van der Waals surface area contributed by atoms with Gasteiger partial charge in [0.2, 0.25) is 0 Å². The molecule has 0 aliphatic heterocycles. The van der Waals surface area contributed by atoms with E-state index < -0.39 is 10.8 Å². The summed E-state index contributed by atoms with van der Waals surface area (Å²) in [7, 11) is 2.78. The van der Waals surface area contributed by atoms with Crippen LogP contribution in [-0.2, 0) is 0 Å². The summed E-state index contributed by atoms with van der Waals surface area (Å²) in [4.78, 5) is 21.9. The minimum Gasteiger partial charge on any atom is -0.493 e. The number of nitro groups is 1. The van der Waals surface area contributed by atoms with Crippen LogP contribution in [0.4, 0.5) is 5.69 Å². The first-order chi connectivity index (χ1) is 8.54. The van der Waals surface area contributed by atoms with Crippen LogP contribution >= 0.6 is 0 Å². The summed E-state index contributed by atoms with van der Waals surface area (Å²) in [6.07, 6.45) is 0. The molecule has 0 saturated carbocycles. The van der Waals surface area contributed by atoms with Crippen LogP contribution in [0.3, 0.4) is 0 Å². The van der Waals surface area contributed by atoms with E-state index >= 15 is 0 Å². The van der Waals surface area contributed by atoms with Crippen LogP contribution < -0.4 is 14.8 Å². The van der Waals surface area contributed by atoms with Crippen molar-refractivity contribution in [2.24, 2.45) is 0 Å². The van der Waals surface area contributed by atoms with Gasteiger partial charge in [-0.25, -0.2) is 0 Å². The van der Waals surface area contributed by atoms with Gasteiger partial charge in [0.05, 0.1) is 24.7 Å². The zero-order chi connectivity index (χ0) is 13.7. The Hall–Kier alpha value is -2.31. The number of carbonyl (C=O) groups excluding carboxylic acids is 1.